The van der Waals surface area contributed by atoms with Gasteiger partial charge in [-0.25, -0.2) is 0 Å². The first kappa shape index (κ1) is 23.8. The topological polar surface area (TPSA) is 64.7 Å². The number of rotatable bonds is 9. The van der Waals surface area contributed by atoms with Crippen molar-refractivity contribution in [3.8, 4) is 0 Å². The van der Waals surface area contributed by atoms with Gasteiger partial charge in [0.2, 0.25) is 11.8 Å². The first-order valence-electron chi connectivity index (χ1n) is 11.6. The van der Waals surface area contributed by atoms with Gasteiger partial charge in [0, 0.05) is 44.6 Å². The molecule has 2 aromatic rings. The molecule has 1 fully saturated rings. The minimum atomic E-state index is -0.0170. The van der Waals surface area contributed by atoms with Crippen molar-refractivity contribution >= 4 is 23.2 Å². The van der Waals surface area contributed by atoms with E-state index in [0.717, 1.165) is 43.7 Å². The lowest BCUT2D eigenvalue weighted by Gasteiger charge is -2.28. The molecular formula is C26H36N4O2. The van der Waals surface area contributed by atoms with Gasteiger partial charge < -0.3 is 20.4 Å². The predicted octanol–water partition coefficient (Wildman–Crippen LogP) is 3.46. The summed E-state index contributed by atoms with van der Waals surface area (Å²) in [5.41, 5.74) is 4.04. The van der Waals surface area contributed by atoms with Crippen LogP contribution in [0.4, 0.5) is 11.4 Å². The molecule has 2 amide bonds. The van der Waals surface area contributed by atoms with E-state index in [0.29, 0.717) is 13.1 Å². The lowest BCUT2D eigenvalue weighted by atomic mass is 9.98. The Morgan fingerprint density at radius 1 is 1.09 bits per heavy atom. The maximum Gasteiger partial charge on any atom is 0.228 e. The maximum atomic E-state index is 12.9. The number of para-hydroxylation sites is 2. The number of nitrogens with zero attached hydrogens (tertiary/aromatic N) is 2. The van der Waals surface area contributed by atoms with Crippen LogP contribution in [0.5, 0.6) is 0 Å². The van der Waals surface area contributed by atoms with Crippen molar-refractivity contribution in [2.75, 3.05) is 50.0 Å². The Bertz CT molecular complexity index is 908. The van der Waals surface area contributed by atoms with E-state index in [9.17, 15) is 9.59 Å². The molecule has 32 heavy (non-hydrogen) atoms. The number of likely N-dealkylation sites (N-methyl/N-ethyl adjacent to an activating group) is 2. The molecule has 1 unspecified atom stereocenters. The van der Waals surface area contributed by atoms with Crippen molar-refractivity contribution in [3.63, 3.8) is 0 Å². The number of carbonyl (C=O) groups excluding carboxylic acids is 2. The van der Waals surface area contributed by atoms with Crippen molar-refractivity contribution < 1.29 is 9.59 Å². The van der Waals surface area contributed by atoms with Crippen molar-refractivity contribution in [3.05, 3.63) is 59.7 Å². The van der Waals surface area contributed by atoms with Crippen molar-refractivity contribution in [1.29, 1.82) is 0 Å². The summed E-state index contributed by atoms with van der Waals surface area (Å²) < 4.78 is 0. The van der Waals surface area contributed by atoms with Crippen molar-refractivity contribution in [1.82, 2.24) is 10.2 Å². The molecule has 1 saturated heterocycles. The second kappa shape index (κ2) is 11.7. The third-order valence-corrected chi connectivity index (χ3v) is 6.25. The highest BCUT2D eigenvalue weighted by molar-refractivity contribution is 5.94. The van der Waals surface area contributed by atoms with Gasteiger partial charge in [0.05, 0.1) is 12.3 Å². The SMILES string of the molecule is CCN(CCN(C)C(=O)Cc1ccccc1NC(=O)C1CCCNC1)c1ccccc1C. The Labute approximate surface area is 192 Å². The number of piperidine rings is 1. The Kier molecular flexibility index (Phi) is 8.68. The normalized spacial score (nSPS) is 15.8. The Hall–Kier alpha value is -2.86. The molecular weight excluding hydrogens is 400 g/mol. The lowest BCUT2D eigenvalue weighted by Crippen LogP contribution is -2.38. The molecule has 0 saturated carbocycles. The van der Waals surface area contributed by atoms with E-state index in [-0.39, 0.29) is 24.2 Å². The average Bonchev–Trinajstić information content (AvgIpc) is 2.82. The number of nitrogens with one attached hydrogen (secondary N) is 2. The summed E-state index contributed by atoms with van der Waals surface area (Å²) in [6, 6.07) is 16.0. The van der Waals surface area contributed by atoms with Crippen LogP contribution in [0.3, 0.4) is 0 Å². The summed E-state index contributed by atoms with van der Waals surface area (Å²) in [6.07, 6.45) is 2.18. The van der Waals surface area contributed by atoms with E-state index in [4.69, 9.17) is 0 Å². The van der Waals surface area contributed by atoms with E-state index < -0.39 is 0 Å². The lowest BCUT2D eigenvalue weighted by molar-refractivity contribution is -0.129. The van der Waals surface area contributed by atoms with Gasteiger partial charge in [-0.15, -0.1) is 0 Å². The highest BCUT2D eigenvalue weighted by Crippen LogP contribution is 2.21. The number of anilines is 2. The molecule has 1 atom stereocenters. The highest BCUT2D eigenvalue weighted by Gasteiger charge is 2.22. The second-order valence-electron chi connectivity index (χ2n) is 8.55. The summed E-state index contributed by atoms with van der Waals surface area (Å²) in [4.78, 5) is 29.7. The van der Waals surface area contributed by atoms with Gasteiger partial charge in [0.1, 0.15) is 0 Å². The second-order valence-corrected chi connectivity index (χ2v) is 8.55. The van der Waals surface area contributed by atoms with E-state index in [1.807, 2.05) is 37.4 Å². The van der Waals surface area contributed by atoms with Gasteiger partial charge in [0.15, 0.2) is 0 Å². The van der Waals surface area contributed by atoms with Crippen molar-refractivity contribution in [2.45, 2.75) is 33.1 Å². The minimum Gasteiger partial charge on any atom is -0.370 e. The van der Waals surface area contributed by atoms with Crippen LogP contribution >= 0.6 is 0 Å². The van der Waals surface area contributed by atoms with Gasteiger partial charge in [-0.1, -0.05) is 36.4 Å². The fourth-order valence-corrected chi connectivity index (χ4v) is 4.17. The van der Waals surface area contributed by atoms with Crippen LogP contribution in [-0.2, 0) is 16.0 Å². The van der Waals surface area contributed by atoms with Crippen LogP contribution in [0.15, 0.2) is 48.5 Å². The molecule has 6 nitrogen and oxygen atoms in total. The zero-order chi connectivity index (χ0) is 22.9. The van der Waals surface area contributed by atoms with E-state index in [1.165, 1.54) is 11.3 Å². The molecule has 1 heterocycles. The van der Waals surface area contributed by atoms with Crippen LogP contribution in [-0.4, -0.2) is 56.5 Å². The molecule has 1 aliphatic rings. The molecule has 0 bridgehead atoms. The smallest absolute Gasteiger partial charge is 0.228 e. The summed E-state index contributed by atoms with van der Waals surface area (Å²) in [5.74, 6) is 0.0609. The molecule has 0 aromatic heterocycles. The Morgan fingerprint density at radius 2 is 1.84 bits per heavy atom. The van der Waals surface area contributed by atoms with E-state index in [2.05, 4.69) is 47.6 Å². The quantitative estimate of drug-likeness (QED) is 0.632. The molecule has 0 aliphatic carbocycles. The summed E-state index contributed by atoms with van der Waals surface area (Å²) in [5, 5.41) is 6.33. The van der Waals surface area contributed by atoms with Gasteiger partial charge in [-0.2, -0.15) is 0 Å². The number of hydrogen-bond donors (Lipinski definition) is 2. The molecule has 2 aromatic carbocycles. The summed E-state index contributed by atoms with van der Waals surface area (Å²) in [6.45, 7) is 8.24. The molecule has 6 heteroatoms. The van der Waals surface area contributed by atoms with Gasteiger partial charge in [-0.3, -0.25) is 9.59 Å². The fraction of sp³-hybridized carbons (Fsp3) is 0.462. The van der Waals surface area contributed by atoms with Crippen LogP contribution in [0.25, 0.3) is 0 Å². The molecule has 0 radical (unpaired) electrons. The maximum absolute atomic E-state index is 12.9. The van der Waals surface area contributed by atoms with Gasteiger partial charge >= 0.3 is 0 Å². The van der Waals surface area contributed by atoms with Crippen LogP contribution in [0, 0.1) is 12.8 Å². The number of amides is 2. The summed E-state index contributed by atoms with van der Waals surface area (Å²) in [7, 11) is 1.85. The number of carbonyl (C=O) groups is 2. The number of aryl methyl sites for hydroxylation is 1. The monoisotopic (exact) mass is 436 g/mol. The highest BCUT2D eigenvalue weighted by atomic mass is 16.2. The number of benzene rings is 2. The van der Waals surface area contributed by atoms with E-state index >= 15 is 0 Å². The first-order valence-corrected chi connectivity index (χ1v) is 11.6. The predicted molar refractivity (Wildman–Crippen MR) is 131 cm³/mol. The van der Waals surface area contributed by atoms with Crippen LogP contribution < -0.4 is 15.5 Å². The molecule has 3 rings (SSSR count). The molecule has 1 aliphatic heterocycles. The first-order chi connectivity index (χ1) is 15.5. The molecule has 172 valence electrons. The van der Waals surface area contributed by atoms with Gasteiger partial charge in [-0.05, 0) is 56.5 Å². The Balaban J connectivity index is 1.58. The zero-order valence-corrected chi connectivity index (χ0v) is 19.6. The zero-order valence-electron chi connectivity index (χ0n) is 19.6. The van der Waals surface area contributed by atoms with E-state index in [1.54, 1.807) is 4.90 Å². The Morgan fingerprint density at radius 3 is 2.56 bits per heavy atom. The third kappa shape index (κ3) is 6.33. The van der Waals surface area contributed by atoms with Gasteiger partial charge in [0.25, 0.3) is 0 Å². The number of hydrogen-bond acceptors (Lipinski definition) is 4. The van der Waals surface area contributed by atoms with Crippen LogP contribution in [0.2, 0.25) is 0 Å². The largest absolute Gasteiger partial charge is 0.370 e. The summed E-state index contributed by atoms with van der Waals surface area (Å²) >= 11 is 0. The third-order valence-electron chi connectivity index (χ3n) is 6.25. The molecule has 2 N–H and O–H groups in total. The fourth-order valence-electron chi connectivity index (χ4n) is 4.17. The minimum absolute atomic E-state index is 0.0170. The average molecular weight is 437 g/mol. The van der Waals surface area contributed by atoms with Crippen molar-refractivity contribution in [2.24, 2.45) is 5.92 Å². The molecule has 0 spiro atoms. The standard InChI is InChI=1S/C26H36N4O2/c1-4-30(24-14-8-5-10-20(24)2)17-16-29(3)25(31)18-21-11-6-7-13-23(21)28-26(32)22-12-9-15-27-19-22/h5-8,10-11,13-14,22,27H,4,9,12,15-19H2,1-3H3,(H,28,32). The van der Waals surface area contributed by atoms with Crippen LogP contribution in [0.1, 0.15) is 30.9 Å².